The summed E-state index contributed by atoms with van der Waals surface area (Å²) in [6.07, 6.45) is 0. The minimum Gasteiger partial charge on any atom is -0.221 e. The summed E-state index contributed by atoms with van der Waals surface area (Å²) in [6.45, 7) is 0. The predicted octanol–water partition coefficient (Wildman–Crippen LogP) is 4.92. The maximum Gasteiger partial charge on any atom is 0.142 e. The molecule has 0 aliphatic heterocycles. The molecule has 0 bridgehead atoms. The molecule has 102 valence electrons. The Balaban J connectivity index is 1.82. The van der Waals surface area contributed by atoms with E-state index in [4.69, 9.17) is 11.6 Å². The van der Waals surface area contributed by atoms with E-state index in [1.54, 1.807) is 0 Å². The van der Waals surface area contributed by atoms with Gasteiger partial charge in [-0.05, 0) is 23.6 Å². The van der Waals surface area contributed by atoms with Crippen molar-refractivity contribution in [3.05, 3.63) is 52.3 Å². The van der Waals surface area contributed by atoms with Crippen molar-refractivity contribution in [3.63, 3.8) is 0 Å². The molecule has 1 aromatic carbocycles. The lowest BCUT2D eigenvalue weighted by atomic mass is 10.3. The second kappa shape index (κ2) is 5.63. The molecule has 0 aliphatic rings. The number of hydrogen-bond acceptors (Lipinski definition) is 4. The molecule has 20 heavy (non-hydrogen) atoms. The average molecular weight is 329 g/mol. The molecule has 0 unspecified atom stereocenters. The number of halogens is 3. The molecule has 3 rings (SSSR count). The standard InChI is InChI=1S/C13H7ClF2N2S2/c14-12-8-3-4-19-13(8)18-11(17-12)6-20-10-2-1-7(15)5-9(10)16/h1-5H,6H2. The van der Waals surface area contributed by atoms with Crippen LogP contribution in [0.15, 0.2) is 34.5 Å². The van der Waals surface area contributed by atoms with Gasteiger partial charge in [0.1, 0.15) is 27.4 Å². The molecule has 7 heteroatoms. The number of fused-ring (bicyclic) bond motifs is 1. The van der Waals surface area contributed by atoms with Crippen LogP contribution in [0.3, 0.4) is 0 Å². The van der Waals surface area contributed by atoms with Crippen LogP contribution in [0.5, 0.6) is 0 Å². The lowest BCUT2D eigenvalue weighted by Crippen LogP contribution is -1.93. The fourth-order valence-corrected chi connectivity index (χ4v) is 3.52. The van der Waals surface area contributed by atoms with Gasteiger partial charge in [-0.25, -0.2) is 18.7 Å². The van der Waals surface area contributed by atoms with Crippen molar-refractivity contribution in [2.24, 2.45) is 0 Å². The highest BCUT2D eigenvalue weighted by Crippen LogP contribution is 2.28. The van der Waals surface area contributed by atoms with Crippen LogP contribution in [0.1, 0.15) is 5.82 Å². The molecule has 2 aromatic heterocycles. The molecule has 0 amide bonds. The van der Waals surface area contributed by atoms with Crippen molar-refractivity contribution in [1.82, 2.24) is 9.97 Å². The SMILES string of the molecule is Fc1ccc(SCc2nc(Cl)c3ccsc3n2)c(F)c1. The van der Waals surface area contributed by atoms with Gasteiger partial charge >= 0.3 is 0 Å². The summed E-state index contributed by atoms with van der Waals surface area (Å²) in [5, 5.41) is 3.10. The van der Waals surface area contributed by atoms with Crippen LogP contribution in [0.2, 0.25) is 5.15 Å². The van der Waals surface area contributed by atoms with Gasteiger partial charge in [-0.1, -0.05) is 11.6 Å². The molecule has 0 saturated carbocycles. The Morgan fingerprint density at radius 1 is 1.20 bits per heavy atom. The largest absolute Gasteiger partial charge is 0.221 e. The van der Waals surface area contributed by atoms with Crippen LogP contribution in [-0.2, 0) is 5.75 Å². The molecular formula is C13H7ClF2N2S2. The van der Waals surface area contributed by atoms with E-state index in [9.17, 15) is 8.78 Å². The number of benzene rings is 1. The Hall–Kier alpha value is -1.24. The normalized spacial score (nSPS) is 11.2. The second-order valence-electron chi connectivity index (χ2n) is 3.93. The van der Waals surface area contributed by atoms with Crippen molar-refractivity contribution in [1.29, 1.82) is 0 Å². The molecule has 0 aliphatic carbocycles. The van der Waals surface area contributed by atoms with Gasteiger partial charge in [-0.2, -0.15) is 0 Å². The first-order valence-electron chi connectivity index (χ1n) is 5.61. The van der Waals surface area contributed by atoms with Crippen LogP contribution in [0.4, 0.5) is 8.78 Å². The molecule has 0 fully saturated rings. The number of thioether (sulfide) groups is 1. The molecular weight excluding hydrogens is 322 g/mol. The monoisotopic (exact) mass is 328 g/mol. The summed E-state index contributed by atoms with van der Waals surface area (Å²) >= 11 is 8.74. The van der Waals surface area contributed by atoms with E-state index in [-0.39, 0.29) is 0 Å². The Labute approximate surface area is 126 Å². The first kappa shape index (κ1) is 13.7. The fourth-order valence-electron chi connectivity index (χ4n) is 1.66. The van der Waals surface area contributed by atoms with Gasteiger partial charge in [0, 0.05) is 16.3 Å². The zero-order valence-electron chi connectivity index (χ0n) is 9.94. The third kappa shape index (κ3) is 2.77. The van der Waals surface area contributed by atoms with E-state index in [0.29, 0.717) is 21.6 Å². The van der Waals surface area contributed by atoms with E-state index < -0.39 is 11.6 Å². The summed E-state index contributed by atoms with van der Waals surface area (Å²) in [7, 11) is 0. The van der Waals surface area contributed by atoms with Gasteiger partial charge < -0.3 is 0 Å². The number of rotatable bonds is 3. The van der Waals surface area contributed by atoms with Crippen molar-refractivity contribution >= 4 is 44.9 Å². The highest BCUT2D eigenvalue weighted by Gasteiger charge is 2.09. The first-order chi connectivity index (χ1) is 9.63. The molecule has 0 N–H and O–H groups in total. The average Bonchev–Trinajstić information content (AvgIpc) is 2.86. The van der Waals surface area contributed by atoms with Gasteiger partial charge in [0.05, 0.1) is 5.75 Å². The smallest absolute Gasteiger partial charge is 0.142 e. The predicted molar refractivity (Wildman–Crippen MR) is 78.3 cm³/mol. The van der Waals surface area contributed by atoms with E-state index in [1.807, 2.05) is 11.4 Å². The fraction of sp³-hybridized carbons (Fsp3) is 0.0769. The summed E-state index contributed by atoms with van der Waals surface area (Å²) in [5.41, 5.74) is 0. The van der Waals surface area contributed by atoms with Crippen LogP contribution in [0, 0.1) is 11.6 Å². The van der Waals surface area contributed by atoms with Gasteiger partial charge in [0.25, 0.3) is 0 Å². The van der Waals surface area contributed by atoms with Gasteiger partial charge in [0.2, 0.25) is 0 Å². The minimum atomic E-state index is -0.592. The maximum atomic E-state index is 13.5. The molecule has 2 heterocycles. The minimum absolute atomic E-state index is 0.359. The third-order valence-corrected chi connectivity index (χ3v) is 4.71. The van der Waals surface area contributed by atoms with Crippen LogP contribution in [0.25, 0.3) is 10.2 Å². The Bertz CT molecular complexity index is 776. The van der Waals surface area contributed by atoms with Gasteiger partial charge in [-0.15, -0.1) is 23.1 Å². The summed E-state index contributed by atoms with van der Waals surface area (Å²) in [5.74, 6) is -0.279. The summed E-state index contributed by atoms with van der Waals surface area (Å²) in [4.78, 5) is 9.71. The maximum absolute atomic E-state index is 13.5. The first-order valence-corrected chi connectivity index (χ1v) is 7.85. The van der Waals surface area contributed by atoms with E-state index in [0.717, 1.165) is 16.3 Å². The number of thiophene rings is 1. The lowest BCUT2D eigenvalue weighted by Gasteiger charge is -2.03. The molecule has 0 spiro atoms. The number of nitrogens with zero attached hydrogens (tertiary/aromatic N) is 2. The Kier molecular flexibility index (Phi) is 3.87. The van der Waals surface area contributed by atoms with Gasteiger partial charge in [-0.3, -0.25) is 0 Å². The number of hydrogen-bond donors (Lipinski definition) is 0. The van der Waals surface area contributed by atoms with Crippen molar-refractivity contribution in [3.8, 4) is 0 Å². The van der Waals surface area contributed by atoms with Crippen LogP contribution < -0.4 is 0 Å². The van der Waals surface area contributed by atoms with Crippen molar-refractivity contribution in [2.75, 3.05) is 0 Å². The van der Waals surface area contributed by atoms with Crippen LogP contribution in [-0.4, -0.2) is 9.97 Å². The highest BCUT2D eigenvalue weighted by atomic mass is 35.5. The highest BCUT2D eigenvalue weighted by molar-refractivity contribution is 7.98. The quantitative estimate of drug-likeness (QED) is 0.504. The third-order valence-electron chi connectivity index (χ3n) is 2.58. The second-order valence-corrected chi connectivity index (χ2v) is 6.20. The van der Waals surface area contributed by atoms with Crippen molar-refractivity contribution in [2.45, 2.75) is 10.6 Å². The Morgan fingerprint density at radius 3 is 2.85 bits per heavy atom. The van der Waals surface area contributed by atoms with Gasteiger partial charge in [0.15, 0.2) is 0 Å². The van der Waals surface area contributed by atoms with Crippen LogP contribution >= 0.6 is 34.7 Å². The molecule has 2 nitrogen and oxygen atoms in total. The summed E-state index contributed by atoms with van der Waals surface area (Å²) in [6, 6.07) is 5.35. The topological polar surface area (TPSA) is 25.8 Å². The molecule has 0 saturated heterocycles. The summed E-state index contributed by atoms with van der Waals surface area (Å²) < 4.78 is 26.3. The zero-order valence-corrected chi connectivity index (χ0v) is 12.3. The van der Waals surface area contributed by atoms with E-state index in [1.165, 1.54) is 35.2 Å². The molecule has 0 atom stereocenters. The molecule has 0 radical (unpaired) electrons. The Morgan fingerprint density at radius 2 is 2.05 bits per heavy atom. The number of aromatic nitrogens is 2. The van der Waals surface area contributed by atoms with E-state index >= 15 is 0 Å². The van der Waals surface area contributed by atoms with Crippen molar-refractivity contribution < 1.29 is 8.78 Å². The van der Waals surface area contributed by atoms with E-state index in [2.05, 4.69) is 9.97 Å². The molecule has 3 aromatic rings. The zero-order chi connectivity index (χ0) is 14.1. The lowest BCUT2D eigenvalue weighted by molar-refractivity contribution is 0.565.